The highest BCUT2D eigenvalue weighted by atomic mass is 32.2. The van der Waals surface area contributed by atoms with Crippen LogP contribution in [0.4, 0.5) is 0 Å². The van der Waals surface area contributed by atoms with Gasteiger partial charge in [0.25, 0.3) is 0 Å². The largest absolute Gasteiger partial charge is 0.480 e. The first-order valence-electron chi connectivity index (χ1n) is 15.6. The molecule has 5 amide bonds. The summed E-state index contributed by atoms with van der Waals surface area (Å²) in [7, 11) is 0. The number of aliphatic carboxylic acids is 1. The summed E-state index contributed by atoms with van der Waals surface area (Å²) in [4.78, 5) is 82.3. The highest BCUT2D eigenvalue weighted by Crippen LogP contribution is 2.31. The minimum atomic E-state index is -1.54. The molecule has 264 valence electrons. The van der Waals surface area contributed by atoms with E-state index >= 15 is 0 Å². The Labute approximate surface area is 284 Å². The van der Waals surface area contributed by atoms with Crippen LogP contribution < -0.4 is 26.6 Å². The van der Waals surface area contributed by atoms with E-state index in [1.807, 2.05) is 13.8 Å². The molecular weight excluding hydrogens is 660 g/mol. The summed E-state index contributed by atoms with van der Waals surface area (Å²) < 4.78 is 1.17. The molecule has 3 heterocycles. The lowest BCUT2D eigenvalue weighted by Crippen LogP contribution is -2.60. The molecule has 0 unspecified atom stereocenters. The topological polar surface area (TPSA) is 262 Å². The Morgan fingerprint density at radius 1 is 1.02 bits per heavy atom. The van der Waals surface area contributed by atoms with Crippen molar-refractivity contribution in [2.45, 2.75) is 88.4 Å². The zero-order valence-corrected chi connectivity index (χ0v) is 28.1. The predicted molar refractivity (Wildman–Crippen MR) is 175 cm³/mol. The van der Waals surface area contributed by atoms with E-state index in [-0.39, 0.29) is 31.1 Å². The number of tetrazole rings is 1. The van der Waals surface area contributed by atoms with E-state index in [0.717, 1.165) is 11.8 Å². The maximum absolute atomic E-state index is 14.0. The molecule has 1 aliphatic rings. The maximum atomic E-state index is 14.0. The van der Waals surface area contributed by atoms with Crippen LogP contribution in [0.3, 0.4) is 0 Å². The Morgan fingerprint density at radius 2 is 1.76 bits per heavy atom. The van der Waals surface area contributed by atoms with Crippen LogP contribution in [-0.4, -0.2) is 113 Å². The number of hydrogen-bond acceptors (Lipinski definition) is 11. The van der Waals surface area contributed by atoms with Crippen LogP contribution in [0, 0.1) is 5.92 Å². The second-order valence-corrected chi connectivity index (χ2v) is 13.2. The van der Waals surface area contributed by atoms with Crippen molar-refractivity contribution in [3.8, 4) is 0 Å². The fraction of sp³-hybridized carbons (Fsp3) is 0.500. The zero-order chi connectivity index (χ0) is 35.8. The van der Waals surface area contributed by atoms with Gasteiger partial charge in [0.1, 0.15) is 43.1 Å². The third kappa shape index (κ3) is 9.75. The first kappa shape index (κ1) is 36.8. The molecule has 0 aliphatic carbocycles. The van der Waals surface area contributed by atoms with Gasteiger partial charge in [-0.3, -0.25) is 24.0 Å². The van der Waals surface area contributed by atoms with Crippen LogP contribution in [0.25, 0.3) is 10.9 Å². The first-order valence-corrected chi connectivity index (χ1v) is 16.6. The number of thioether (sulfide) groups is 1. The SMILES string of the molecule is CC(C)C[C@@H]1NC(=O)[C@@H](NC(=O)Cn2cnnn2)Cc2c([nH]c3ccccc23)SC[C@@H](C(=O)O)NC(=O)[C@H]([C@@H](C)O)NC(=O)[C@@H](C)NC1=O. The molecule has 4 rings (SSSR count). The average Bonchev–Trinajstić information content (AvgIpc) is 3.67. The quantitative estimate of drug-likeness (QED) is 0.139. The van der Waals surface area contributed by atoms with Crippen molar-refractivity contribution in [3.63, 3.8) is 0 Å². The number of nitrogens with zero attached hydrogens (tertiary/aromatic N) is 4. The van der Waals surface area contributed by atoms with E-state index in [1.165, 1.54) is 24.9 Å². The number of aliphatic hydroxyl groups excluding tert-OH is 1. The molecule has 49 heavy (non-hydrogen) atoms. The Kier molecular flexibility index (Phi) is 12.3. The number of amides is 5. The van der Waals surface area contributed by atoms with E-state index in [9.17, 15) is 39.0 Å². The molecule has 0 fully saturated rings. The number of hydrogen-bond donors (Lipinski definition) is 8. The van der Waals surface area contributed by atoms with Gasteiger partial charge in [0.15, 0.2) is 0 Å². The lowest BCUT2D eigenvalue weighted by molar-refractivity contribution is -0.142. The van der Waals surface area contributed by atoms with Gasteiger partial charge in [-0.25, -0.2) is 9.48 Å². The van der Waals surface area contributed by atoms with Crippen molar-refractivity contribution in [3.05, 3.63) is 36.2 Å². The number of aromatic amines is 1. The van der Waals surface area contributed by atoms with Gasteiger partial charge in [0.05, 0.1) is 11.1 Å². The summed E-state index contributed by atoms with van der Waals surface area (Å²) in [6.07, 6.45) is -0.0801. The minimum absolute atomic E-state index is 0.0759. The number of H-pyrrole nitrogens is 1. The lowest BCUT2D eigenvalue weighted by Gasteiger charge is -2.27. The van der Waals surface area contributed by atoms with Crippen molar-refractivity contribution in [1.29, 1.82) is 0 Å². The zero-order valence-electron chi connectivity index (χ0n) is 27.3. The summed E-state index contributed by atoms with van der Waals surface area (Å²) in [5.41, 5.74) is 1.25. The Hall–Kier alpha value is -5.04. The van der Waals surface area contributed by atoms with Gasteiger partial charge in [-0.05, 0) is 48.2 Å². The number of para-hydroxylation sites is 1. The fourth-order valence-corrected chi connectivity index (χ4v) is 6.30. The molecular formula is C30H40N10O8S. The molecule has 0 saturated carbocycles. The summed E-state index contributed by atoms with van der Waals surface area (Å²) in [6.45, 7) is 6.00. The van der Waals surface area contributed by atoms with E-state index < -0.39 is 71.8 Å². The molecule has 0 spiro atoms. The summed E-state index contributed by atoms with van der Waals surface area (Å²) >= 11 is 1.06. The normalized spacial score (nSPS) is 23.7. The van der Waals surface area contributed by atoms with Gasteiger partial charge >= 0.3 is 5.97 Å². The third-order valence-corrected chi connectivity index (χ3v) is 8.83. The van der Waals surface area contributed by atoms with Crippen molar-refractivity contribution < 1.29 is 39.0 Å². The number of carboxylic acid groups (broad SMARTS) is 1. The molecule has 19 heteroatoms. The van der Waals surface area contributed by atoms with E-state index in [0.29, 0.717) is 21.5 Å². The second kappa shape index (κ2) is 16.4. The van der Waals surface area contributed by atoms with Gasteiger partial charge in [-0.15, -0.1) is 16.9 Å². The van der Waals surface area contributed by atoms with Crippen molar-refractivity contribution in [2.24, 2.45) is 5.92 Å². The molecule has 3 aromatic rings. The maximum Gasteiger partial charge on any atom is 0.327 e. The predicted octanol–water partition coefficient (Wildman–Crippen LogP) is -1.54. The van der Waals surface area contributed by atoms with Crippen LogP contribution in [0.2, 0.25) is 0 Å². The molecule has 18 nitrogen and oxygen atoms in total. The van der Waals surface area contributed by atoms with Crippen molar-refractivity contribution in [1.82, 2.24) is 51.8 Å². The van der Waals surface area contributed by atoms with Gasteiger partial charge in [0.2, 0.25) is 29.5 Å². The van der Waals surface area contributed by atoms with Gasteiger partial charge in [0, 0.05) is 23.1 Å². The fourth-order valence-electron chi connectivity index (χ4n) is 5.20. The molecule has 6 atom stereocenters. The summed E-state index contributed by atoms with van der Waals surface area (Å²) in [6, 6.07) is 0.597. The second-order valence-electron chi connectivity index (χ2n) is 12.2. The number of aliphatic hydroxyl groups is 1. The number of benzene rings is 1. The van der Waals surface area contributed by atoms with Gasteiger partial charge in [-0.2, -0.15) is 0 Å². The van der Waals surface area contributed by atoms with Gasteiger partial charge in [-0.1, -0.05) is 32.0 Å². The Bertz CT molecular complexity index is 1680. The number of carbonyl (C=O) groups excluding carboxylic acids is 5. The molecule has 8 N–H and O–H groups in total. The number of aromatic nitrogens is 5. The minimum Gasteiger partial charge on any atom is -0.480 e. The van der Waals surface area contributed by atoms with E-state index in [4.69, 9.17) is 0 Å². The Morgan fingerprint density at radius 3 is 2.41 bits per heavy atom. The average molecular weight is 701 g/mol. The van der Waals surface area contributed by atoms with E-state index in [1.54, 1.807) is 24.3 Å². The summed E-state index contributed by atoms with van der Waals surface area (Å²) in [5.74, 6) is -5.38. The number of fused-ring (bicyclic) bond motifs is 3. The first-order chi connectivity index (χ1) is 23.2. The molecule has 1 aliphatic heterocycles. The van der Waals surface area contributed by atoms with Crippen LogP contribution in [-0.2, 0) is 41.7 Å². The lowest BCUT2D eigenvalue weighted by atomic mass is 10.0. The molecule has 0 radical (unpaired) electrons. The molecule has 0 bridgehead atoms. The number of carbonyl (C=O) groups is 6. The number of rotatable bonds is 7. The molecule has 1 aromatic carbocycles. The van der Waals surface area contributed by atoms with Gasteiger partial charge < -0.3 is 41.8 Å². The standard InChI is InChI=1S/C30H40N10O8S/c1-14(2)9-20-26(44)32-15(3)25(43)37-24(16(4)41)28(46)35-22(30(47)48)12-49-29-18(17-7-5-6-8-19(17)36-29)10-21(27(45)34-20)33-23(42)11-40-13-31-38-39-40/h5-8,13-16,20-22,24,36,41H,9-12H2,1-4H3,(H,32,44)(H,33,42)(H,34,45)(H,35,46)(H,37,43)(H,47,48)/t15-,16-,20+,21+,22+,24+/m1/s1. The number of carboxylic acids is 1. The van der Waals surface area contributed by atoms with Crippen molar-refractivity contribution >= 4 is 58.2 Å². The van der Waals surface area contributed by atoms with Crippen molar-refractivity contribution in [2.75, 3.05) is 5.75 Å². The van der Waals surface area contributed by atoms with Crippen LogP contribution in [0.1, 0.15) is 39.7 Å². The molecule has 2 aromatic heterocycles. The van der Waals surface area contributed by atoms with Crippen LogP contribution in [0.15, 0.2) is 35.6 Å². The smallest absolute Gasteiger partial charge is 0.327 e. The highest BCUT2D eigenvalue weighted by molar-refractivity contribution is 7.99. The van der Waals surface area contributed by atoms with Crippen LogP contribution in [0.5, 0.6) is 0 Å². The Balaban J connectivity index is 1.77. The summed E-state index contributed by atoms with van der Waals surface area (Å²) in [5, 5.41) is 44.9. The van der Waals surface area contributed by atoms with E-state index in [2.05, 4.69) is 47.1 Å². The molecule has 0 saturated heterocycles. The number of nitrogens with one attached hydrogen (secondary N) is 6. The highest BCUT2D eigenvalue weighted by Gasteiger charge is 2.34. The third-order valence-electron chi connectivity index (χ3n) is 7.70. The monoisotopic (exact) mass is 700 g/mol. The van der Waals surface area contributed by atoms with Crippen LogP contribution >= 0.6 is 11.8 Å².